The number of amides is 1. The van der Waals surface area contributed by atoms with Crippen molar-refractivity contribution in [3.8, 4) is 11.5 Å². The van der Waals surface area contributed by atoms with Crippen LogP contribution in [-0.4, -0.2) is 22.0 Å². The smallest absolute Gasteiger partial charge is 0.303 e. The maximum Gasteiger partial charge on any atom is 0.303 e. The van der Waals surface area contributed by atoms with Crippen LogP contribution < -0.4 is 5.32 Å². The minimum absolute atomic E-state index is 0.0889. The molecule has 0 saturated heterocycles. The number of unbranched alkanes of at least 4 members (excludes halogenated alkanes) is 1. The van der Waals surface area contributed by atoms with E-state index in [2.05, 4.69) is 10.3 Å². The van der Waals surface area contributed by atoms with Crippen molar-refractivity contribution in [1.82, 2.24) is 4.98 Å². The molecule has 0 aliphatic carbocycles. The fraction of sp³-hybridized carbons (Fsp3) is 0.353. The van der Waals surface area contributed by atoms with Gasteiger partial charge < -0.3 is 14.8 Å². The molecule has 2 rings (SSSR count). The number of carbonyl (C=O) groups is 2. The summed E-state index contributed by atoms with van der Waals surface area (Å²) in [4.78, 5) is 26.6. The molecule has 2 N–H and O–H groups in total. The Morgan fingerprint density at radius 1 is 1.22 bits per heavy atom. The number of nitrogens with one attached hydrogen (secondary N) is 1. The predicted molar refractivity (Wildman–Crippen MR) is 86.1 cm³/mol. The largest absolute Gasteiger partial charge is 0.481 e. The first-order chi connectivity index (χ1) is 11.0. The number of aromatic nitrogens is 1. The van der Waals surface area contributed by atoms with Gasteiger partial charge in [0.15, 0.2) is 0 Å². The van der Waals surface area contributed by atoms with Gasteiger partial charge in [0.1, 0.15) is 5.76 Å². The van der Waals surface area contributed by atoms with Crippen molar-refractivity contribution in [3.05, 3.63) is 35.7 Å². The molecule has 0 aliphatic heterocycles. The van der Waals surface area contributed by atoms with Crippen LogP contribution >= 0.6 is 0 Å². The van der Waals surface area contributed by atoms with Gasteiger partial charge in [-0.25, -0.2) is 4.98 Å². The van der Waals surface area contributed by atoms with Crippen molar-refractivity contribution >= 4 is 17.6 Å². The number of hydrogen-bond donors (Lipinski definition) is 2. The topological polar surface area (TPSA) is 92.4 Å². The molecule has 0 radical (unpaired) electrons. The van der Waals surface area contributed by atoms with Crippen LogP contribution in [-0.2, 0) is 9.59 Å². The Morgan fingerprint density at radius 3 is 2.61 bits per heavy atom. The van der Waals surface area contributed by atoms with Crippen LogP contribution in [0.5, 0.6) is 0 Å². The summed E-state index contributed by atoms with van der Waals surface area (Å²) in [7, 11) is 0. The molecule has 0 atom stereocenters. The van der Waals surface area contributed by atoms with E-state index in [1.807, 2.05) is 26.0 Å². The molecule has 122 valence electrons. The molecular weight excluding hydrogens is 296 g/mol. The van der Waals surface area contributed by atoms with Crippen LogP contribution in [0.4, 0.5) is 5.69 Å². The zero-order valence-corrected chi connectivity index (χ0v) is 13.3. The standard InChI is InChI=1S/C17H20N2O4/c1-11-12(2)23-17(18-11)13-6-5-7-14(10-13)19-15(20)8-3-4-9-16(21)22/h5-7,10H,3-4,8-9H2,1-2H3,(H,19,20)(H,21,22). The molecule has 0 fully saturated rings. The Hall–Kier alpha value is -2.63. The quantitative estimate of drug-likeness (QED) is 0.762. The third-order valence-corrected chi connectivity index (χ3v) is 3.47. The van der Waals surface area contributed by atoms with E-state index >= 15 is 0 Å². The van der Waals surface area contributed by atoms with Crippen molar-refractivity contribution in [2.24, 2.45) is 0 Å². The summed E-state index contributed by atoms with van der Waals surface area (Å²) in [6.07, 6.45) is 1.44. The fourth-order valence-corrected chi connectivity index (χ4v) is 2.11. The second-order valence-electron chi connectivity index (χ2n) is 5.39. The van der Waals surface area contributed by atoms with E-state index in [4.69, 9.17) is 9.52 Å². The van der Waals surface area contributed by atoms with Crippen molar-refractivity contribution in [2.45, 2.75) is 39.5 Å². The van der Waals surface area contributed by atoms with Crippen LogP contribution in [0, 0.1) is 13.8 Å². The highest BCUT2D eigenvalue weighted by atomic mass is 16.4. The zero-order chi connectivity index (χ0) is 16.8. The molecule has 6 nitrogen and oxygen atoms in total. The lowest BCUT2D eigenvalue weighted by molar-refractivity contribution is -0.137. The lowest BCUT2D eigenvalue weighted by Crippen LogP contribution is -2.11. The number of aliphatic carboxylic acids is 1. The van der Waals surface area contributed by atoms with Gasteiger partial charge in [-0.05, 0) is 44.9 Å². The first-order valence-electron chi connectivity index (χ1n) is 7.52. The van der Waals surface area contributed by atoms with Crippen LogP contribution in [0.15, 0.2) is 28.7 Å². The molecule has 6 heteroatoms. The number of rotatable bonds is 7. The average molecular weight is 316 g/mol. The van der Waals surface area contributed by atoms with E-state index < -0.39 is 5.97 Å². The summed E-state index contributed by atoms with van der Waals surface area (Å²) in [5.41, 5.74) is 2.30. The van der Waals surface area contributed by atoms with E-state index in [0.717, 1.165) is 17.0 Å². The van der Waals surface area contributed by atoms with Crippen LogP contribution in [0.25, 0.3) is 11.5 Å². The van der Waals surface area contributed by atoms with Crippen molar-refractivity contribution in [1.29, 1.82) is 0 Å². The normalized spacial score (nSPS) is 10.5. The van der Waals surface area contributed by atoms with Gasteiger partial charge in [-0.1, -0.05) is 6.07 Å². The third kappa shape index (κ3) is 4.95. The lowest BCUT2D eigenvalue weighted by atomic mass is 10.1. The van der Waals surface area contributed by atoms with E-state index in [-0.39, 0.29) is 12.3 Å². The molecular formula is C17H20N2O4. The summed E-state index contributed by atoms with van der Waals surface area (Å²) >= 11 is 0. The molecule has 23 heavy (non-hydrogen) atoms. The summed E-state index contributed by atoms with van der Waals surface area (Å²) in [6.45, 7) is 3.74. The second-order valence-corrected chi connectivity index (χ2v) is 5.39. The summed E-state index contributed by atoms with van der Waals surface area (Å²) < 4.78 is 5.58. The van der Waals surface area contributed by atoms with E-state index in [9.17, 15) is 9.59 Å². The second kappa shape index (κ2) is 7.58. The average Bonchev–Trinajstić information content (AvgIpc) is 2.83. The zero-order valence-electron chi connectivity index (χ0n) is 13.3. The summed E-state index contributed by atoms with van der Waals surface area (Å²) in [5.74, 6) is 0.326. The van der Waals surface area contributed by atoms with Gasteiger partial charge in [0, 0.05) is 24.1 Å². The van der Waals surface area contributed by atoms with Gasteiger partial charge in [-0.15, -0.1) is 0 Å². The number of nitrogens with zero attached hydrogens (tertiary/aromatic N) is 1. The Balaban J connectivity index is 1.94. The first kappa shape index (κ1) is 16.7. The molecule has 1 aromatic carbocycles. The van der Waals surface area contributed by atoms with Gasteiger partial charge in [0.2, 0.25) is 11.8 Å². The molecule has 0 aliphatic rings. The van der Waals surface area contributed by atoms with Crippen LogP contribution in [0.1, 0.15) is 37.1 Å². The Morgan fingerprint density at radius 2 is 1.96 bits per heavy atom. The molecule has 0 saturated carbocycles. The number of aryl methyl sites for hydroxylation is 2. The van der Waals surface area contributed by atoms with Crippen molar-refractivity contribution in [3.63, 3.8) is 0 Å². The molecule has 0 bridgehead atoms. The number of oxazole rings is 1. The van der Waals surface area contributed by atoms with E-state index in [1.54, 1.807) is 12.1 Å². The first-order valence-corrected chi connectivity index (χ1v) is 7.52. The summed E-state index contributed by atoms with van der Waals surface area (Å²) in [6, 6.07) is 7.29. The third-order valence-electron chi connectivity index (χ3n) is 3.47. The van der Waals surface area contributed by atoms with Crippen LogP contribution in [0.2, 0.25) is 0 Å². The summed E-state index contributed by atoms with van der Waals surface area (Å²) in [5, 5.41) is 11.4. The van der Waals surface area contributed by atoms with Crippen LogP contribution in [0.3, 0.4) is 0 Å². The number of anilines is 1. The maximum absolute atomic E-state index is 11.9. The minimum Gasteiger partial charge on any atom is -0.481 e. The Bertz CT molecular complexity index is 687. The fourth-order valence-electron chi connectivity index (χ4n) is 2.11. The Labute approximate surface area is 134 Å². The van der Waals surface area contributed by atoms with E-state index in [0.29, 0.717) is 30.8 Å². The van der Waals surface area contributed by atoms with Crippen molar-refractivity contribution < 1.29 is 19.1 Å². The van der Waals surface area contributed by atoms with Gasteiger partial charge in [-0.2, -0.15) is 0 Å². The highest BCUT2D eigenvalue weighted by Crippen LogP contribution is 2.24. The van der Waals surface area contributed by atoms with Gasteiger partial charge in [0.05, 0.1) is 5.69 Å². The lowest BCUT2D eigenvalue weighted by Gasteiger charge is -2.06. The predicted octanol–water partition coefficient (Wildman–Crippen LogP) is 3.54. The number of carboxylic acid groups (broad SMARTS) is 1. The monoisotopic (exact) mass is 316 g/mol. The SMILES string of the molecule is Cc1nc(-c2cccc(NC(=O)CCCCC(=O)O)c2)oc1C. The van der Waals surface area contributed by atoms with Gasteiger partial charge in [0.25, 0.3) is 0 Å². The Kier molecular flexibility index (Phi) is 5.51. The molecule has 1 aromatic heterocycles. The molecule has 0 unspecified atom stereocenters. The number of carbonyl (C=O) groups excluding carboxylic acids is 1. The van der Waals surface area contributed by atoms with E-state index in [1.165, 1.54) is 0 Å². The number of hydrogen-bond acceptors (Lipinski definition) is 4. The van der Waals surface area contributed by atoms with Gasteiger partial charge in [-0.3, -0.25) is 9.59 Å². The molecule has 0 spiro atoms. The number of carboxylic acids is 1. The highest BCUT2D eigenvalue weighted by molar-refractivity contribution is 5.91. The van der Waals surface area contributed by atoms with Crippen molar-refractivity contribution in [2.75, 3.05) is 5.32 Å². The molecule has 2 aromatic rings. The maximum atomic E-state index is 11.9. The minimum atomic E-state index is -0.838. The molecule has 1 heterocycles. The van der Waals surface area contributed by atoms with Gasteiger partial charge >= 0.3 is 5.97 Å². The highest BCUT2D eigenvalue weighted by Gasteiger charge is 2.10. The number of benzene rings is 1. The molecule has 1 amide bonds.